The molecule has 0 amide bonds. The summed E-state index contributed by atoms with van der Waals surface area (Å²) in [6.45, 7) is 1.05. The molecule has 0 bridgehead atoms. The summed E-state index contributed by atoms with van der Waals surface area (Å²) < 4.78 is 5.42. The van der Waals surface area contributed by atoms with Crippen LogP contribution in [0.1, 0.15) is 20.3 Å². The predicted octanol–water partition coefficient (Wildman–Crippen LogP) is 2.05. The van der Waals surface area contributed by atoms with E-state index >= 15 is 0 Å². The van der Waals surface area contributed by atoms with Gasteiger partial charge in [0.1, 0.15) is 0 Å². The molecular formula is C6H15AlOV. The van der Waals surface area contributed by atoms with Crippen molar-refractivity contribution in [3.05, 3.63) is 0 Å². The zero-order valence-corrected chi connectivity index (χ0v) is 7.81. The van der Waals surface area contributed by atoms with Gasteiger partial charge in [0.25, 0.3) is 0 Å². The third-order valence-electron chi connectivity index (χ3n) is 1.41. The quantitative estimate of drug-likeness (QED) is 0.519. The van der Waals surface area contributed by atoms with E-state index in [9.17, 15) is 0 Å². The molecule has 0 N–H and O–H groups in total. The van der Waals surface area contributed by atoms with Crippen LogP contribution in [0.2, 0.25) is 11.1 Å². The van der Waals surface area contributed by atoms with Gasteiger partial charge in [-0.1, -0.05) is 24.9 Å². The van der Waals surface area contributed by atoms with Crippen molar-refractivity contribution in [1.29, 1.82) is 0 Å². The Morgan fingerprint density at radius 2 is 2.00 bits per heavy atom. The van der Waals surface area contributed by atoms with Gasteiger partial charge in [0.05, 0.1) is 0 Å². The minimum Gasteiger partial charge on any atom is -0.501 e. The minimum atomic E-state index is -0.595. The van der Waals surface area contributed by atoms with Gasteiger partial charge in [0.15, 0.2) is 0 Å². The Hall–Kier alpha value is 1.08. The van der Waals surface area contributed by atoms with E-state index in [0.717, 1.165) is 6.61 Å². The molecule has 1 rings (SSSR count). The van der Waals surface area contributed by atoms with Crippen LogP contribution in [0.3, 0.4) is 0 Å². The number of rotatable bonds is 0. The van der Waals surface area contributed by atoms with Crippen molar-refractivity contribution >= 4 is 14.5 Å². The maximum atomic E-state index is 5.42. The molecule has 3 heteroatoms. The van der Waals surface area contributed by atoms with E-state index in [4.69, 9.17) is 3.79 Å². The SMILES string of the molecule is C.[CH3][Al]1[CH2]CCC[O]1.[V]. The Labute approximate surface area is 74.8 Å². The van der Waals surface area contributed by atoms with Crippen molar-refractivity contribution < 1.29 is 22.3 Å². The van der Waals surface area contributed by atoms with Gasteiger partial charge < -0.3 is 3.79 Å². The first-order valence-corrected chi connectivity index (χ1v) is 5.45. The Morgan fingerprint density at radius 3 is 2.22 bits per heavy atom. The normalized spacial score (nSPS) is 17.7. The summed E-state index contributed by atoms with van der Waals surface area (Å²) in [5.41, 5.74) is 0. The van der Waals surface area contributed by atoms with Crippen molar-refractivity contribution in [3.8, 4) is 0 Å². The summed E-state index contributed by atoms with van der Waals surface area (Å²) in [5.74, 6) is 2.28. The molecule has 53 valence electrons. The van der Waals surface area contributed by atoms with Crippen LogP contribution in [-0.2, 0) is 22.3 Å². The topological polar surface area (TPSA) is 9.23 Å². The summed E-state index contributed by atoms with van der Waals surface area (Å²) in [4.78, 5) is 0. The van der Waals surface area contributed by atoms with Gasteiger partial charge in [-0.05, 0) is 6.42 Å². The van der Waals surface area contributed by atoms with Gasteiger partial charge in [0.2, 0.25) is 0 Å². The molecular weight excluding hydrogens is 166 g/mol. The van der Waals surface area contributed by atoms with E-state index in [2.05, 4.69) is 5.79 Å². The summed E-state index contributed by atoms with van der Waals surface area (Å²) in [7, 11) is 0. The first-order chi connectivity index (χ1) is 3.39. The van der Waals surface area contributed by atoms with Crippen LogP contribution in [-0.4, -0.2) is 21.1 Å². The molecule has 0 unspecified atom stereocenters. The first kappa shape index (κ1) is 12.7. The molecule has 1 heterocycles. The van der Waals surface area contributed by atoms with Gasteiger partial charge in [-0.3, -0.25) is 0 Å². The second-order valence-electron chi connectivity index (χ2n) is 2.18. The molecule has 1 aliphatic rings. The van der Waals surface area contributed by atoms with Crippen LogP contribution in [0.5, 0.6) is 0 Å². The standard InChI is InChI=1S/C4H8O.CH4.CH3.Al.V/c1-2-3-4-5;;;;/h1-4H2;1H4;1H3;;/q-1;;;+1;. The van der Waals surface area contributed by atoms with E-state index in [0.29, 0.717) is 0 Å². The predicted molar refractivity (Wildman–Crippen MR) is 38.3 cm³/mol. The van der Waals surface area contributed by atoms with Gasteiger partial charge in [-0.25, -0.2) is 0 Å². The Balaban J connectivity index is 0. The third-order valence-corrected chi connectivity index (χ3v) is 3.43. The number of hydrogen-bond acceptors (Lipinski definition) is 1. The second-order valence-corrected chi connectivity index (χ2v) is 4.71. The van der Waals surface area contributed by atoms with Gasteiger partial charge in [0, 0.05) is 25.2 Å². The number of hydrogen-bond donors (Lipinski definition) is 0. The molecule has 1 aliphatic heterocycles. The molecule has 0 spiro atoms. The Kier molecular flexibility index (Phi) is 10.2. The van der Waals surface area contributed by atoms with Gasteiger partial charge >= 0.3 is 14.5 Å². The van der Waals surface area contributed by atoms with Crippen LogP contribution in [0.4, 0.5) is 0 Å². The van der Waals surface area contributed by atoms with Gasteiger partial charge in [-0.15, -0.1) is 0 Å². The van der Waals surface area contributed by atoms with Crippen molar-refractivity contribution in [2.45, 2.75) is 31.3 Å². The molecule has 1 saturated heterocycles. The van der Waals surface area contributed by atoms with Crippen LogP contribution >= 0.6 is 0 Å². The van der Waals surface area contributed by atoms with Crippen LogP contribution < -0.4 is 0 Å². The molecule has 0 aromatic heterocycles. The molecule has 0 atom stereocenters. The Bertz CT molecular complexity index is 55.0. The Morgan fingerprint density at radius 1 is 1.33 bits per heavy atom. The summed E-state index contributed by atoms with van der Waals surface area (Å²) >= 11 is -0.595. The smallest absolute Gasteiger partial charge is 0.457 e. The van der Waals surface area contributed by atoms with E-state index in [-0.39, 0.29) is 26.0 Å². The summed E-state index contributed by atoms with van der Waals surface area (Å²) in [5, 5.41) is 1.40. The average molecular weight is 181 g/mol. The first-order valence-electron chi connectivity index (χ1n) is 3.01. The van der Waals surface area contributed by atoms with E-state index < -0.39 is 14.5 Å². The van der Waals surface area contributed by atoms with Crippen LogP contribution in [0.25, 0.3) is 0 Å². The second kappa shape index (κ2) is 7.19. The molecule has 0 aromatic rings. The molecule has 0 aliphatic carbocycles. The maximum Gasteiger partial charge on any atom is 0.457 e. The summed E-state index contributed by atoms with van der Waals surface area (Å²) in [6, 6.07) is 0. The van der Waals surface area contributed by atoms with E-state index in [1.807, 2.05) is 0 Å². The zero-order valence-electron chi connectivity index (χ0n) is 5.26. The molecule has 1 radical (unpaired) electrons. The average Bonchev–Trinajstić information content (AvgIpc) is 1.69. The molecule has 9 heavy (non-hydrogen) atoms. The fraction of sp³-hybridized carbons (Fsp3) is 1.00. The fourth-order valence-corrected chi connectivity index (χ4v) is 2.50. The monoisotopic (exact) mass is 181 g/mol. The van der Waals surface area contributed by atoms with Crippen molar-refractivity contribution in [1.82, 2.24) is 0 Å². The van der Waals surface area contributed by atoms with Crippen molar-refractivity contribution in [3.63, 3.8) is 0 Å². The molecule has 0 aromatic carbocycles. The van der Waals surface area contributed by atoms with Crippen LogP contribution in [0.15, 0.2) is 0 Å². The van der Waals surface area contributed by atoms with Gasteiger partial charge in [-0.2, -0.15) is 0 Å². The minimum absolute atomic E-state index is 0. The van der Waals surface area contributed by atoms with E-state index in [1.165, 1.54) is 18.1 Å². The molecule has 1 fully saturated rings. The van der Waals surface area contributed by atoms with Crippen molar-refractivity contribution in [2.24, 2.45) is 0 Å². The zero-order chi connectivity index (χ0) is 5.11. The summed E-state index contributed by atoms with van der Waals surface area (Å²) in [6.07, 6.45) is 2.73. The maximum absolute atomic E-state index is 5.42. The fourth-order valence-electron chi connectivity index (χ4n) is 0.902. The molecule has 0 saturated carbocycles. The largest absolute Gasteiger partial charge is 0.501 e. The van der Waals surface area contributed by atoms with Crippen molar-refractivity contribution in [2.75, 3.05) is 6.61 Å². The van der Waals surface area contributed by atoms with E-state index in [1.54, 1.807) is 0 Å². The molecule has 1 nitrogen and oxygen atoms in total. The third kappa shape index (κ3) is 5.52. The van der Waals surface area contributed by atoms with Crippen LogP contribution in [0, 0.1) is 0 Å².